The van der Waals surface area contributed by atoms with Crippen molar-refractivity contribution in [2.45, 2.75) is 25.8 Å². The highest BCUT2D eigenvalue weighted by molar-refractivity contribution is 7.91. The van der Waals surface area contributed by atoms with Crippen molar-refractivity contribution in [1.29, 1.82) is 0 Å². The zero-order chi connectivity index (χ0) is 14.8. The lowest BCUT2D eigenvalue weighted by Crippen LogP contribution is -2.12. The summed E-state index contributed by atoms with van der Waals surface area (Å²) < 4.78 is 25.0. The number of aromatic nitrogens is 2. The summed E-state index contributed by atoms with van der Waals surface area (Å²) in [6.07, 6.45) is 2.13. The molecule has 2 rings (SSSR count). The molecule has 0 aliphatic heterocycles. The third kappa shape index (κ3) is 3.45. The van der Waals surface area contributed by atoms with Gasteiger partial charge in [0.15, 0.2) is 0 Å². The molecule has 7 heteroatoms. The molecular formula is C13H16Cl2N2O2S. The molecule has 0 atom stereocenters. The highest BCUT2D eigenvalue weighted by atomic mass is 35.5. The Morgan fingerprint density at radius 1 is 1.35 bits per heavy atom. The first kappa shape index (κ1) is 15.6. The topological polar surface area (TPSA) is 52.0 Å². The maximum atomic E-state index is 11.5. The molecule has 0 amide bonds. The van der Waals surface area contributed by atoms with Gasteiger partial charge in [0, 0.05) is 29.6 Å². The fraction of sp³-hybridized carbons (Fsp3) is 0.462. The molecule has 2 aromatic rings. The summed E-state index contributed by atoms with van der Waals surface area (Å²) in [6, 6.07) is 3.77. The molecule has 20 heavy (non-hydrogen) atoms. The Labute approximate surface area is 128 Å². The van der Waals surface area contributed by atoms with E-state index in [4.69, 9.17) is 23.2 Å². The second-order valence-corrected chi connectivity index (χ2v) is 7.75. The maximum Gasteiger partial charge on any atom is 0.150 e. The minimum atomic E-state index is -2.94. The molecule has 2 aromatic heterocycles. The number of pyridine rings is 1. The summed E-state index contributed by atoms with van der Waals surface area (Å²) in [4.78, 5) is 4.31. The highest BCUT2D eigenvalue weighted by Crippen LogP contribution is 2.22. The number of fused-ring (bicyclic) bond motifs is 1. The summed E-state index contributed by atoms with van der Waals surface area (Å²) in [5, 5.41) is 1.50. The standard InChI is InChI=1S/C13H16Cl2N2O2S/c1-2-20(18,19)5-3-4-17-12(8-14)7-10-6-11(15)9-16-13(10)17/h6-7,9H,2-5,8H2,1H3. The van der Waals surface area contributed by atoms with Gasteiger partial charge in [0.05, 0.1) is 16.7 Å². The third-order valence-corrected chi connectivity index (χ3v) is 5.47. The van der Waals surface area contributed by atoms with Crippen molar-refractivity contribution in [2.75, 3.05) is 11.5 Å². The molecule has 0 unspecified atom stereocenters. The van der Waals surface area contributed by atoms with Gasteiger partial charge in [-0.15, -0.1) is 11.6 Å². The van der Waals surface area contributed by atoms with E-state index in [0.717, 1.165) is 16.7 Å². The lowest BCUT2D eigenvalue weighted by molar-refractivity contribution is 0.587. The van der Waals surface area contributed by atoms with Crippen LogP contribution in [0.4, 0.5) is 0 Å². The SMILES string of the molecule is CCS(=O)(=O)CCCn1c(CCl)cc2cc(Cl)cnc21. The summed E-state index contributed by atoms with van der Waals surface area (Å²) in [5.41, 5.74) is 1.71. The van der Waals surface area contributed by atoms with Crippen LogP contribution in [0.1, 0.15) is 19.0 Å². The number of hydrogen-bond acceptors (Lipinski definition) is 3. The van der Waals surface area contributed by atoms with Crippen molar-refractivity contribution >= 4 is 44.1 Å². The zero-order valence-electron chi connectivity index (χ0n) is 11.1. The fourth-order valence-electron chi connectivity index (χ4n) is 2.12. The first-order valence-electron chi connectivity index (χ1n) is 6.37. The van der Waals surface area contributed by atoms with Gasteiger partial charge in [-0.3, -0.25) is 0 Å². The molecule has 0 aromatic carbocycles. The van der Waals surface area contributed by atoms with Crippen LogP contribution < -0.4 is 0 Å². The second kappa shape index (κ2) is 6.33. The first-order chi connectivity index (χ1) is 9.46. The van der Waals surface area contributed by atoms with Crippen molar-refractivity contribution in [3.63, 3.8) is 0 Å². The lowest BCUT2D eigenvalue weighted by atomic mass is 10.3. The van der Waals surface area contributed by atoms with Crippen molar-refractivity contribution in [1.82, 2.24) is 9.55 Å². The van der Waals surface area contributed by atoms with Gasteiger partial charge in [0.25, 0.3) is 0 Å². The van der Waals surface area contributed by atoms with E-state index in [0.29, 0.717) is 23.9 Å². The second-order valence-electron chi connectivity index (χ2n) is 4.58. The third-order valence-electron chi connectivity index (χ3n) is 3.20. The highest BCUT2D eigenvalue weighted by Gasteiger charge is 2.12. The van der Waals surface area contributed by atoms with Gasteiger partial charge in [0.2, 0.25) is 0 Å². The monoisotopic (exact) mass is 334 g/mol. The number of nitrogens with zero attached hydrogens (tertiary/aromatic N) is 2. The quantitative estimate of drug-likeness (QED) is 0.762. The molecule has 0 N–H and O–H groups in total. The van der Waals surface area contributed by atoms with E-state index in [1.54, 1.807) is 13.1 Å². The van der Waals surface area contributed by atoms with Crippen molar-refractivity contribution in [3.8, 4) is 0 Å². The van der Waals surface area contributed by atoms with Crippen LogP contribution in [0.25, 0.3) is 11.0 Å². The molecule has 0 fully saturated rings. The van der Waals surface area contributed by atoms with Crippen LogP contribution in [0.3, 0.4) is 0 Å². The number of halogens is 2. The Morgan fingerprint density at radius 3 is 2.75 bits per heavy atom. The molecule has 0 aliphatic carbocycles. The summed E-state index contributed by atoms with van der Waals surface area (Å²) >= 11 is 11.9. The van der Waals surface area contributed by atoms with E-state index in [9.17, 15) is 8.42 Å². The van der Waals surface area contributed by atoms with E-state index < -0.39 is 9.84 Å². The molecule has 0 radical (unpaired) electrons. The van der Waals surface area contributed by atoms with E-state index in [2.05, 4.69) is 4.98 Å². The van der Waals surface area contributed by atoms with Gasteiger partial charge < -0.3 is 4.57 Å². The van der Waals surface area contributed by atoms with Crippen LogP contribution in [0, 0.1) is 0 Å². The molecule has 0 bridgehead atoms. The molecule has 0 spiro atoms. The van der Waals surface area contributed by atoms with Gasteiger partial charge in [-0.2, -0.15) is 0 Å². The minimum Gasteiger partial charge on any atom is -0.328 e. The zero-order valence-corrected chi connectivity index (χ0v) is 13.5. The number of sulfone groups is 1. The van der Waals surface area contributed by atoms with E-state index in [1.165, 1.54) is 0 Å². The summed E-state index contributed by atoms with van der Waals surface area (Å²) in [7, 11) is -2.94. The number of rotatable bonds is 6. The number of hydrogen-bond donors (Lipinski definition) is 0. The number of aryl methyl sites for hydroxylation is 1. The van der Waals surface area contributed by atoms with Gasteiger partial charge >= 0.3 is 0 Å². The normalized spacial score (nSPS) is 12.2. The van der Waals surface area contributed by atoms with Crippen molar-refractivity contribution in [2.24, 2.45) is 0 Å². The van der Waals surface area contributed by atoms with Gasteiger partial charge in [-0.05, 0) is 18.6 Å². The van der Waals surface area contributed by atoms with Crippen LogP contribution in [0.5, 0.6) is 0 Å². The molecule has 110 valence electrons. The van der Waals surface area contributed by atoms with Crippen LogP contribution in [0.15, 0.2) is 18.3 Å². The van der Waals surface area contributed by atoms with Gasteiger partial charge in [-0.25, -0.2) is 13.4 Å². The average Bonchev–Trinajstić information content (AvgIpc) is 2.76. The smallest absolute Gasteiger partial charge is 0.150 e. The van der Waals surface area contributed by atoms with Crippen LogP contribution in [-0.4, -0.2) is 29.5 Å². The van der Waals surface area contributed by atoms with E-state index in [1.807, 2.05) is 16.7 Å². The van der Waals surface area contributed by atoms with Gasteiger partial charge in [-0.1, -0.05) is 18.5 Å². The average molecular weight is 335 g/mol. The number of alkyl halides is 1. The van der Waals surface area contributed by atoms with Crippen LogP contribution in [0.2, 0.25) is 5.02 Å². The molecule has 0 saturated carbocycles. The van der Waals surface area contributed by atoms with E-state index >= 15 is 0 Å². The van der Waals surface area contributed by atoms with Crippen molar-refractivity contribution < 1.29 is 8.42 Å². The van der Waals surface area contributed by atoms with Crippen LogP contribution in [-0.2, 0) is 22.3 Å². The summed E-state index contributed by atoms with van der Waals surface area (Å²) in [6.45, 7) is 2.24. The molecular weight excluding hydrogens is 319 g/mol. The minimum absolute atomic E-state index is 0.176. The summed E-state index contributed by atoms with van der Waals surface area (Å²) in [5.74, 6) is 0.711. The Kier molecular flexibility index (Phi) is 4.94. The largest absolute Gasteiger partial charge is 0.328 e. The molecule has 0 aliphatic rings. The lowest BCUT2D eigenvalue weighted by Gasteiger charge is -2.08. The first-order valence-corrected chi connectivity index (χ1v) is 9.10. The van der Waals surface area contributed by atoms with Crippen LogP contribution >= 0.6 is 23.2 Å². The Morgan fingerprint density at radius 2 is 2.10 bits per heavy atom. The van der Waals surface area contributed by atoms with Gasteiger partial charge in [0.1, 0.15) is 15.5 Å². The fourth-order valence-corrected chi connectivity index (χ4v) is 3.37. The molecule has 0 saturated heterocycles. The Balaban J connectivity index is 2.24. The predicted molar refractivity (Wildman–Crippen MR) is 83.2 cm³/mol. The molecule has 2 heterocycles. The maximum absolute atomic E-state index is 11.5. The van der Waals surface area contributed by atoms with E-state index in [-0.39, 0.29) is 11.5 Å². The molecule has 4 nitrogen and oxygen atoms in total. The van der Waals surface area contributed by atoms with Crippen molar-refractivity contribution in [3.05, 3.63) is 29.0 Å². The Bertz CT molecular complexity index is 710. The Hall–Kier alpha value is -0.780. The predicted octanol–water partition coefficient (Wildman–Crippen LogP) is 3.25.